The Bertz CT molecular complexity index is 574. The molecule has 3 N–H and O–H groups in total. The Balaban J connectivity index is 1.89. The number of aryl methyl sites for hydroxylation is 1. The van der Waals surface area contributed by atoms with Crippen molar-refractivity contribution >= 4 is 10.9 Å². The van der Waals surface area contributed by atoms with Gasteiger partial charge in [-0.1, -0.05) is 18.2 Å². The Morgan fingerprint density at radius 2 is 2.35 bits per heavy atom. The van der Waals surface area contributed by atoms with Crippen molar-refractivity contribution in [2.75, 3.05) is 13.2 Å². The minimum Gasteiger partial charge on any atom is -0.381 e. The van der Waals surface area contributed by atoms with E-state index in [0.717, 1.165) is 38.3 Å². The summed E-state index contributed by atoms with van der Waals surface area (Å²) >= 11 is 0. The standard InChI is InChI=1S/C15H22N4O/c1-2-19-15-6-4-3-5-12(15)14(18-19)9-13(17-16)11-7-8-20-10-11/h3-6,11,13,17H,2,7-10,16H2,1H3. The van der Waals surface area contributed by atoms with E-state index >= 15 is 0 Å². The van der Waals surface area contributed by atoms with Gasteiger partial charge in [-0.15, -0.1) is 0 Å². The molecular weight excluding hydrogens is 252 g/mol. The first-order valence-electron chi connectivity index (χ1n) is 7.31. The van der Waals surface area contributed by atoms with E-state index in [1.165, 1.54) is 10.9 Å². The third-order valence-electron chi connectivity index (χ3n) is 4.20. The lowest BCUT2D eigenvalue weighted by atomic mass is 9.94. The summed E-state index contributed by atoms with van der Waals surface area (Å²) in [5, 5.41) is 5.98. The normalized spacial score (nSPS) is 20.6. The summed E-state index contributed by atoms with van der Waals surface area (Å²) in [7, 11) is 0. The zero-order chi connectivity index (χ0) is 13.9. The number of fused-ring (bicyclic) bond motifs is 1. The molecule has 5 heteroatoms. The van der Waals surface area contributed by atoms with Crippen LogP contribution in [0.15, 0.2) is 24.3 Å². The Kier molecular flexibility index (Phi) is 4.00. The molecule has 2 atom stereocenters. The van der Waals surface area contributed by atoms with Gasteiger partial charge in [0.15, 0.2) is 0 Å². The predicted octanol–water partition coefficient (Wildman–Crippen LogP) is 1.47. The monoisotopic (exact) mass is 274 g/mol. The predicted molar refractivity (Wildman–Crippen MR) is 79.1 cm³/mol. The average molecular weight is 274 g/mol. The second-order valence-electron chi connectivity index (χ2n) is 5.38. The minimum atomic E-state index is 0.223. The number of nitrogens with one attached hydrogen (secondary N) is 1. The van der Waals surface area contributed by atoms with Gasteiger partial charge in [0.25, 0.3) is 0 Å². The summed E-state index contributed by atoms with van der Waals surface area (Å²) in [6, 6.07) is 8.61. The number of nitrogens with two attached hydrogens (primary N) is 1. The lowest BCUT2D eigenvalue weighted by Gasteiger charge is -2.20. The van der Waals surface area contributed by atoms with Gasteiger partial charge in [0, 0.05) is 36.9 Å². The van der Waals surface area contributed by atoms with Gasteiger partial charge in [0.2, 0.25) is 0 Å². The molecule has 3 rings (SSSR count). The topological polar surface area (TPSA) is 65.1 Å². The van der Waals surface area contributed by atoms with Gasteiger partial charge in [0.1, 0.15) is 0 Å². The van der Waals surface area contributed by atoms with Crippen molar-refractivity contribution in [1.29, 1.82) is 0 Å². The van der Waals surface area contributed by atoms with Crippen molar-refractivity contribution in [3.63, 3.8) is 0 Å². The Hall–Kier alpha value is -1.43. The van der Waals surface area contributed by atoms with Crippen LogP contribution in [0.2, 0.25) is 0 Å². The number of para-hydroxylation sites is 1. The van der Waals surface area contributed by atoms with Gasteiger partial charge in [-0.05, 0) is 19.4 Å². The summed E-state index contributed by atoms with van der Waals surface area (Å²) < 4.78 is 7.53. The number of rotatable bonds is 5. The maximum Gasteiger partial charge on any atom is 0.0719 e. The fraction of sp³-hybridized carbons (Fsp3) is 0.533. The molecule has 0 spiro atoms. The average Bonchev–Trinajstić information content (AvgIpc) is 3.13. The molecule has 0 saturated carbocycles. The largest absolute Gasteiger partial charge is 0.381 e. The van der Waals surface area contributed by atoms with Crippen LogP contribution in [-0.4, -0.2) is 29.0 Å². The highest BCUT2D eigenvalue weighted by Crippen LogP contribution is 2.23. The second-order valence-corrected chi connectivity index (χ2v) is 5.38. The first kappa shape index (κ1) is 13.5. The lowest BCUT2D eigenvalue weighted by molar-refractivity contribution is 0.176. The highest BCUT2D eigenvalue weighted by molar-refractivity contribution is 5.82. The summed E-state index contributed by atoms with van der Waals surface area (Å²) in [4.78, 5) is 0. The van der Waals surface area contributed by atoms with E-state index < -0.39 is 0 Å². The molecule has 1 aliphatic heterocycles. The molecule has 0 amide bonds. The van der Waals surface area contributed by atoms with Crippen LogP contribution in [0, 0.1) is 5.92 Å². The molecule has 1 aromatic heterocycles. The van der Waals surface area contributed by atoms with Gasteiger partial charge < -0.3 is 4.74 Å². The van der Waals surface area contributed by atoms with E-state index in [0.29, 0.717) is 5.92 Å². The molecule has 2 aromatic rings. The van der Waals surface area contributed by atoms with Crippen LogP contribution < -0.4 is 11.3 Å². The van der Waals surface area contributed by atoms with E-state index in [1.807, 2.05) is 0 Å². The molecule has 108 valence electrons. The van der Waals surface area contributed by atoms with E-state index in [1.54, 1.807) is 0 Å². The van der Waals surface area contributed by atoms with Crippen molar-refractivity contribution in [2.24, 2.45) is 11.8 Å². The maximum absolute atomic E-state index is 5.74. The van der Waals surface area contributed by atoms with E-state index in [4.69, 9.17) is 15.7 Å². The smallest absolute Gasteiger partial charge is 0.0719 e. The van der Waals surface area contributed by atoms with Gasteiger partial charge in [0.05, 0.1) is 17.8 Å². The molecule has 0 aliphatic carbocycles. The first-order chi connectivity index (χ1) is 9.83. The molecule has 0 bridgehead atoms. The third-order valence-corrected chi connectivity index (χ3v) is 4.20. The molecule has 1 fully saturated rings. The van der Waals surface area contributed by atoms with Crippen LogP contribution in [0.5, 0.6) is 0 Å². The van der Waals surface area contributed by atoms with Crippen LogP contribution in [-0.2, 0) is 17.7 Å². The summed E-state index contributed by atoms with van der Waals surface area (Å²) in [6.45, 7) is 4.63. The molecule has 0 radical (unpaired) electrons. The van der Waals surface area contributed by atoms with Crippen LogP contribution >= 0.6 is 0 Å². The molecule has 20 heavy (non-hydrogen) atoms. The molecule has 1 saturated heterocycles. The summed E-state index contributed by atoms with van der Waals surface area (Å²) in [5.41, 5.74) is 5.28. The Morgan fingerprint density at radius 1 is 1.50 bits per heavy atom. The van der Waals surface area contributed by atoms with E-state index in [9.17, 15) is 0 Å². The zero-order valence-electron chi connectivity index (χ0n) is 11.9. The highest BCUT2D eigenvalue weighted by atomic mass is 16.5. The molecule has 2 unspecified atom stereocenters. The van der Waals surface area contributed by atoms with Crippen molar-refractivity contribution in [3.8, 4) is 0 Å². The van der Waals surface area contributed by atoms with Crippen LogP contribution in [0.3, 0.4) is 0 Å². The van der Waals surface area contributed by atoms with Crippen molar-refractivity contribution in [2.45, 2.75) is 32.4 Å². The lowest BCUT2D eigenvalue weighted by Crippen LogP contribution is -2.42. The maximum atomic E-state index is 5.74. The molecule has 1 aromatic carbocycles. The quantitative estimate of drug-likeness (QED) is 0.640. The Morgan fingerprint density at radius 3 is 3.05 bits per heavy atom. The van der Waals surface area contributed by atoms with Crippen LogP contribution in [0.1, 0.15) is 19.0 Å². The molecule has 5 nitrogen and oxygen atoms in total. The number of aromatic nitrogens is 2. The van der Waals surface area contributed by atoms with E-state index in [2.05, 4.69) is 41.3 Å². The van der Waals surface area contributed by atoms with Gasteiger partial charge >= 0.3 is 0 Å². The number of hydrogen-bond acceptors (Lipinski definition) is 4. The number of benzene rings is 1. The number of ether oxygens (including phenoxy) is 1. The van der Waals surface area contributed by atoms with Gasteiger partial charge in [-0.3, -0.25) is 16.0 Å². The van der Waals surface area contributed by atoms with E-state index in [-0.39, 0.29) is 6.04 Å². The fourth-order valence-corrected chi connectivity index (χ4v) is 3.03. The summed E-state index contributed by atoms with van der Waals surface area (Å²) in [6.07, 6.45) is 1.92. The van der Waals surface area contributed by atoms with Crippen molar-refractivity contribution < 1.29 is 4.74 Å². The third kappa shape index (κ3) is 2.44. The number of nitrogens with zero attached hydrogens (tertiary/aromatic N) is 2. The van der Waals surface area contributed by atoms with Gasteiger partial charge in [-0.2, -0.15) is 5.10 Å². The van der Waals surface area contributed by atoms with Crippen LogP contribution in [0.25, 0.3) is 10.9 Å². The molecule has 2 heterocycles. The first-order valence-corrected chi connectivity index (χ1v) is 7.31. The van der Waals surface area contributed by atoms with Crippen molar-refractivity contribution in [1.82, 2.24) is 15.2 Å². The second kappa shape index (κ2) is 5.91. The number of hydrazine groups is 1. The summed E-state index contributed by atoms with van der Waals surface area (Å²) in [5.74, 6) is 6.22. The SMILES string of the molecule is CCn1nc(CC(NN)C2CCOC2)c2ccccc21. The Labute approximate surface area is 119 Å². The zero-order valence-corrected chi connectivity index (χ0v) is 11.9. The molecular formula is C15H22N4O. The van der Waals surface area contributed by atoms with Crippen molar-refractivity contribution in [3.05, 3.63) is 30.0 Å². The van der Waals surface area contributed by atoms with Crippen LogP contribution in [0.4, 0.5) is 0 Å². The minimum absolute atomic E-state index is 0.223. The van der Waals surface area contributed by atoms with Gasteiger partial charge in [-0.25, -0.2) is 0 Å². The fourth-order valence-electron chi connectivity index (χ4n) is 3.03. The number of hydrogen-bond donors (Lipinski definition) is 2. The highest BCUT2D eigenvalue weighted by Gasteiger charge is 2.26. The molecule has 1 aliphatic rings.